The molecule has 1 aliphatic rings. The molecule has 0 aliphatic heterocycles. The van der Waals surface area contributed by atoms with E-state index in [9.17, 15) is 9.90 Å². The van der Waals surface area contributed by atoms with Crippen molar-refractivity contribution in [1.82, 2.24) is 5.32 Å². The van der Waals surface area contributed by atoms with Crippen molar-refractivity contribution < 1.29 is 14.6 Å². The number of hydrogen-bond donors (Lipinski definition) is 2. The van der Waals surface area contributed by atoms with Gasteiger partial charge in [-0.05, 0) is 57.4 Å². The highest BCUT2D eigenvalue weighted by atomic mass is 35.5. The van der Waals surface area contributed by atoms with Gasteiger partial charge in [0.15, 0.2) is 5.60 Å². The third kappa shape index (κ3) is 3.64. The van der Waals surface area contributed by atoms with E-state index in [4.69, 9.17) is 16.3 Å². The van der Waals surface area contributed by atoms with Crippen LogP contribution in [0.2, 0.25) is 5.02 Å². The standard InChI is InChI=1S/C15H20ClNO3/c1-14(2,20-12-6-4-11(16)5-7-12)13(18)17-10-15(19)8-3-9-15/h4-7,19H,3,8-10H2,1-2H3,(H,17,18). The summed E-state index contributed by atoms with van der Waals surface area (Å²) in [6.07, 6.45) is 2.49. The first kappa shape index (κ1) is 15.1. The lowest BCUT2D eigenvalue weighted by Gasteiger charge is -2.37. The lowest BCUT2D eigenvalue weighted by molar-refractivity contribution is -0.136. The van der Waals surface area contributed by atoms with E-state index in [1.807, 2.05) is 0 Å². The Hall–Kier alpha value is -1.26. The van der Waals surface area contributed by atoms with Crippen molar-refractivity contribution >= 4 is 17.5 Å². The van der Waals surface area contributed by atoms with Gasteiger partial charge in [0.1, 0.15) is 5.75 Å². The number of aliphatic hydroxyl groups is 1. The Labute approximate surface area is 124 Å². The molecular weight excluding hydrogens is 278 g/mol. The van der Waals surface area contributed by atoms with Gasteiger partial charge in [-0.3, -0.25) is 4.79 Å². The van der Waals surface area contributed by atoms with Crippen molar-refractivity contribution in [2.45, 2.75) is 44.3 Å². The number of halogens is 1. The van der Waals surface area contributed by atoms with E-state index in [-0.39, 0.29) is 12.5 Å². The summed E-state index contributed by atoms with van der Waals surface area (Å²) in [5.41, 5.74) is -1.74. The van der Waals surface area contributed by atoms with Crippen LogP contribution in [0.3, 0.4) is 0 Å². The number of carbonyl (C=O) groups excluding carboxylic acids is 1. The van der Waals surface area contributed by atoms with Gasteiger partial charge in [0.2, 0.25) is 0 Å². The van der Waals surface area contributed by atoms with Gasteiger partial charge in [0, 0.05) is 11.6 Å². The topological polar surface area (TPSA) is 58.6 Å². The van der Waals surface area contributed by atoms with Crippen LogP contribution >= 0.6 is 11.6 Å². The molecule has 1 aromatic carbocycles. The summed E-state index contributed by atoms with van der Waals surface area (Å²) in [5, 5.41) is 13.3. The molecule has 0 aromatic heterocycles. The molecule has 1 saturated carbocycles. The highest BCUT2D eigenvalue weighted by molar-refractivity contribution is 6.30. The first-order valence-electron chi connectivity index (χ1n) is 6.76. The lowest BCUT2D eigenvalue weighted by atomic mass is 9.80. The van der Waals surface area contributed by atoms with Crippen LogP contribution in [-0.4, -0.2) is 28.8 Å². The maximum Gasteiger partial charge on any atom is 0.263 e. The van der Waals surface area contributed by atoms with E-state index in [0.717, 1.165) is 19.3 Å². The molecule has 1 aromatic rings. The van der Waals surface area contributed by atoms with Gasteiger partial charge in [0.25, 0.3) is 5.91 Å². The first-order chi connectivity index (χ1) is 9.31. The number of carbonyl (C=O) groups is 1. The Kier molecular flexibility index (Phi) is 4.25. The normalized spacial score (nSPS) is 17.2. The molecular formula is C15H20ClNO3. The molecule has 5 heteroatoms. The highest BCUT2D eigenvalue weighted by Crippen LogP contribution is 2.30. The van der Waals surface area contributed by atoms with Crippen LogP contribution in [-0.2, 0) is 4.79 Å². The summed E-state index contributed by atoms with van der Waals surface area (Å²) in [7, 11) is 0. The number of nitrogens with one attached hydrogen (secondary N) is 1. The molecule has 0 spiro atoms. The average Bonchev–Trinajstić information content (AvgIpc) is 2.36. The zero-order valence-electron chi connectivity index (χ0n) is 11.8. The van der Waals surface area contributed by atoms with E-state index < -0.39 is 11.2 Å². The Bertz CT molecular complexity index is 480. The minimum Gasteiger partial charge on any atom is -0.478 e. The van der Waals surface area contributed by atoms with Gasteiger partial charge in [0.05, 0.1) is 5.60 Å². The Morgan fingerprint density at radius 2 is 2.00 bits per heavy atom. The lowest BCUT2D eigenvalue weighted by Crippen LogP contribution is -2.53. The van der Waals surface area contributed by atoms with Gasteiger partial charge in [-0.25, -0.2) is 0 Å². The van der Waals surface area contributed by atoms with Crippen molar-refractivity contribution in [3.63, 3.8) is 0 Å². The third-order valence-electron chi connectivity index (χ3n) is 3.60. The van der Waals surface area contributed by atoms with Crippen molar-refractivity contribution in [3.05, 3.63) is 29.3 Å². The molecule has 2 N–H and O–H groups in total. The summed E-state index contributed by atoms with van der Waals surface area (Å²) in [6, 6.07) is 6.86. The summed E-state index contributed by atoms with van der Waals surface area (Å²) >= 11 is 5.81. The third-order valence-corrected chi connectivity index (χ3v) is 3.85. The molecule has 0 heterocycles. The monoisotopic (exact) mass is 297 g/mol. The van der Waals surface area contributed by atoms with Crippen molar-refractivity contribution in [2.75, 3.05) is 6.54 Å². The van der Waals surface area contributed by atoms with Crippen LogP contribution in [0.4, 0.5) is 0 Å². The van der Waals surface area contributed by atoms with Crippen LogP contribution in [0.15, 0.2) is 24.3 Å². The second-order valence-corrected chi connectivity index (χ2v) is 6.26. The van der Waals surface area contributed by atoms with E-state index in [0.29, 0.717) is 10.8 Å². The maximum atomic E-state index is 12.1. The van der Waals surface area contributed by atoms with Crippen molar-refractivity contribution in [1.29, 1.82) is 0 Å². The SMILES string of the molecule is CC(C)(Oc1ccc(Cl)cc1)C(=O)NCC1(O)CCC1. The molecule has 20 heavy (non-hydrogen) atoms. The molecule has 0 unspecified atom stereocenters. The molecule has 2 rings (SSSR count). The van der Waals surface area contributed by atoms with Crippen LogP contribution < -0.4 is 10.1 Å². The molecule has 0 atom stereocenters. The molecule has 0 saturated heterocycles. The molecule has 4 nitrogen and oxygen atoms in total. The van der Waals surface area contributed by atoms with Gasteiger partial charge >= 0.3 is 0 Å². The Morgan fingerprint density at radius 1 is 1.40 bits per heavy atom. The van der Waals surface area contributed by atoms with Crippen LogP contribution in [0.5, 0.6) is 5.75 Å². The van der Waals surface area contributed by atoms with Gasteiger partial charge in [-0.1, -0.05) is 11.6 Å². The van der Waals surface area contributed by atoms with E-state index in [1.54, 1.807) is 38.1 Å². The minimum absolute atomic E-state index is 0.243. The second-order valence-electron chi connectivity index (χ2n) is 5.83. The molecule has 0 bridgehead atoms. The fourth-order valence-corrected chi connectivity index (χ4v) is 2.19. The maximum absolute atomic E-state index is 12.1. The predicted molar refractivity (Wildman–Crippen MR) is 78.0 cm³/mol. The Morgan fingerprint density at radius 3 is 2.50 bits per heavy atom. The zero-order chi connectivity index (χ0) is 14.8. The second kappa shape index (κ2) is 5.62. The van der Waals surface area contributed by atoms with E-state index in [1.165, 1.54) is 0 Å². The quantitative estimate of drug-likeness (QED) is 0.878. The zero-order valence-corrected chi connectivity index (χ0v) is 12.5. The molecule has 0 radical (unpaired) electrons. The van der Waals surface area contributed by atoms with Crippen LogP contribution in [0.25, 0.3) is 0 Å². The number of rotatable bonds is 5. The molecule has 1 aliphatic carbocycles. The molecule has 110 valence electrons. The van der Waals surface area contributed by atoms with Gasteiger partial charge in [-0.15, -0.1) is 0 Å². The van der Waals surface area contributed by atoms with Crippen molar-refractivity contribution in [2.24, 2.45) is 0 Å². The largest absolute Gasteiger partial charge is 0.478 e. The number of benzene rings is 1. The van der Waals surface area contributed by atoms with Gasteiger partial charge in [-0.2, -0.15) is 0 Å². The van der Waals surface area contributed by atoms with Crippen LogP contribution in [0.1, 0.15) is 33.1 Å². The van der Waals surface area contributed by atoms with Crippen molar-refractivity contribution in [3.8, 4) is 5.75 Å². The fraction of sp³-hybridized carbons (Fsp3) is 0.533. The molecule has 1 fully saturated rings. The minimum atomic E-state index is -1.01. The average molecular weight is 298 g/mol. The summed E-state index contributed by atoms with van der Waals surface area (Å²) < 4.78 is 5.68. The fourth-order valence-electron chi connectivity index (χ4n) is 2.06. The molecule has 1 amide bonds. The summed E-state index contributed by atoms with van der Waals surface area (Å²) in [5.74, 6) is 0.338. The predicted octanol–water partition coefficient (Wildman–Crippen LogP) is 2.53. The Balaban J connectivity index is 1.91. The van der Waals surface area contributed by atoms with Gasteiger partial charge < -0.3 is 15.2 Å². The van der Waals surface area contributed by atoms with Crippen LogP contribution in [0, 0.1) is 0 Å². The number of amides is 1. The van der Waals surface area contributed by atoms with E-state index in [2.05, 4.69) is 5.32 Å². The summed E-state index contributed by atoms with van der Waals surface area (Å²) in [6.45, 7) is 3.67. The number of ether oxygens (including phenoxy) is 1. The van der Waals surface area contributed by atoms with E-state index >= 15 is 0 Å². The smallest absolute Gasteiger partial charge is 0.263 e. The number of hydrogen-bond acceptors (Lipinski definition) is 3. The first-order valence-corrected chi connectivity index (χ1v) is 7.14. The highest BCUT2D eigenvalue weighted by Gasteiger charge is 2.37. The summed E-state index contributed by atoms with van der Waals surface area (Å²) in [4.78, 5) is 12.1.